The van der Waals surface area contributed by atoms with Gasteiger partial charge in [-0.15, -0.1) is 0 Å². The number of carboxylic acid groups (broad SMARTS) is 1. The molecule has 0 radical (unpaired) electrons. The average molecular weight is 322 g/mol. The van der Waals surface area contributed by atoms with Crippen LogP contribution in [-0.4, -0.2) is 42.7 Å². The third-order valence-corrected chi connectivity index (χ3v) is 3.93. The summed E-state index contributed by atoms with van der Waals surface area (Å²) in [7, 11) is 4.01. The second-order valence-corrected chi connectivity index (χ2v) is 6.75. The van der Waals surface area contributed by atoms with Crippen molar-refractivity contribution in [2.45, 2.75) is 77.6 Å². The number of unbranched alkanes of at least 4 members (excludes halogenated alkanes) is 10. The normalized spacial score (nSPS) is 11.2. The second-order valence-electron chi connectivity index (χ2n) is 6.75. The van der Waals surface area contributed by atoms with Gasteiger partial charge in [0.1, 0.15) is 0 Å². The number of hydrogen-bond donors (Lipinski definition) is 1. The maximum atomic E-state index is 10.7. The van der Waals surface area contributed by atoms with Crippen LogP contribution in [0.5, 0.6) is 0 Å². The lowest BCUT2D eigenvalue weighted by Gasteiger charge is -2.27. The van der Waals surface area contributed by atoms with Gasteiger partial charge in [-0.2, -0.15) is 0 Å². The minimum Gasteiger partial charge on any atom is -1.00 e. The van der Waals surface area contributed by atoms with Crippen LogP contribution in [0, 0.1) is 0 Å². The van der Waals surface area contributed by atoms with Crippen molar-refractivity contribution in [1.29, 1.82) is 0 Å². The third-order valence-electron chi connectivity index (χ3n) is 3.93. The minimum absolute atomic E-state index is 0. The van der Waals surface area contributed by atoms with E-state index in [9.17, 15) is 4.79 Å². The fourth-order valence-corrected chi connectivity index (χ4v) is 2.65. The summed E-state index contributed by atoms with van der Waals surface area (Å²) in [6.45, 7) is 3.47. The molecule has 0 aromatic carbocycles. The zero-order valence-electron chi connectivity index (χ0n) is 14.4. The molecule has 1 N–H and O–H groups in total. The monoisotopic (exact) mass is 321 g/mol. The van der Waals surface area contributed by atoms with Crippen LogP contribution in [-0.2, 0) is 4.79 Å². The van der Waals surface area contributed by atoms with E-state index in [0.717, 1.165) is 13.0 Å². The van der Waals surface area contributed by atoms with Gasteiger partial charge in [0.05, 0.1) is 20.6 Å². The molecule has 21 heavy (non-hydrogen) atoms. The number of likely N-dealkylation sites (N-methyl/N-ethyl adjacent to an activating group) is 1. The van der Waals surface area contributed by atoms with Crippen molar-refractivity contribution in [3.8, 4) is 0 Å². The third kappa shape index (κ3) is 17.7. The Morgan fingerprint density at radius 1 is 0.810 bits per heavy atom. The summed E-state index contributed by atoms with van der Waals surface area (Å²) >= 11 is 0. The SMILES string of the molecule is CCCCCCCCCCCCC[N+](C)(C)CC(=O)O.[Cl-]. The number of nitrogens with zero attached hydrogens (tertiary/aromatic N) is 1. The number of carbonyl (C=O) groups is 1. The Hall–Kier alpha value is -0.280. The Morgan fingerprint density at radius 2 is 1.19 bits per heavy atom. The molecule has 0 aliphatic carbocycles. The molecule has 0 aromatic rings. The Labute approximate surface area is 138 Å². The number of rotatable bonds is 14. The van der Waals surface area contributed by atoms with Gasteiger partial charge in [0.25, 0.3) is 0 Å². The van der Waals surface area contributed by atoms with Crippen molar-refractivity contribution >= 4 is 5.97 Å². The van der Waals surface area contributed by atoms with E-state index in [1.165, 1.54) is 64.2 Å². The van der Waals surface area contributed by atoms with Gasteiger partial charge in [0.2, 0.25) is 0 Å². The lowest BCUT2D eigenvalue weighted by molar-refractivity contribution is -0.883. The van der Waals surface area contributed by atoms with Crippen molar-refractivity contribution in [2.24, 2.45) is 0 Å². The Bertz CT molecular complexity index is 245. The van der Waals surface area contributed by atoms with Crippen molar-refractivity contribution < 1.29 is 26.8 Å². The molecule has 0 bridgehead atoms. The van der Waals surface area contributed by atoms with Crippen molar-refractivity contribution in [3.05, 3.63) is 0 Å². The summed E-state index contributed by atoms with van der Waals surface area (Å²) in [5, 5.41) is 8.81. The lowest BCUT2D eigenvalue weighted by Crippen LogP contribution is -3.00. The quantitative estimate of drug-likeness (QED) is 0.388. The number of quaternary nitrogens is 1. The van der Waals surface area contributed by atoms with E-state index < -0.39 is 5.97 Å². The van der Waals surface area contributed by atoms with E-state index in [1.54, 1.807) is 0 Å². The number of aliphatic carboxylic acids is 1. The van der Waals surface area contributed by atoms with Crippen LogP contribution in [0.2, 0.25) is 0 Å². The first-order valence-electron chi connectivity index (χ1n) is 8.52. The van der Waals surface area contributed by atoms with E-state index >= 15 is 0 Å². The molecule has 0 rings (SSSR count). The average Bonchev–Trinajstić information content (AvgIpc) is 2.34. The summed E-state index contributed by atoms with van der Waals surface area (Å²) in [6.07, 6.45) is 14.8. The van der Waals surface area contributed by atoms with Gasteiger partial charge in [-0.3, -0.25) is 0 Å². The number of hydrogen-bond acceptors (Lipinski definition) is 1. The van der Waals surface area contributed by atoms with Gasteiger partial charge in [0.15, 0.2) is 6.54 Å². The predicted molar refractivity (Wildman–Crippen MR) is 85.9 cm³/mol. The Morgan fingerprint density at radius 3 is 1.57 bits per heavy atom. The molecule has 0 saturated carbocycles. The summed E-state index contributed by atoms with van der Waals surface area (Å²) in [4.78, 5) is 10.7. The molecule has 0 heterocycles. The maximum absolute atomic E-state index is 10.7. The predicted octanol–water partition coefficient (Wildman–Crippen LogP) is 1.46. The standard InChI is InChI=1S/C17H35NO2.ClH/c1-4-5-6-7-8-9-10-11-12-13-14-15-18(2,3)16-17(19)20;/h4-16H2,1-3H3;1H. The molecule has 0 amide bonds. The lowest BCUT2D eigenvalue weighted by atomic mass is 10.1. The van der Waals surface area contributed by atoms with Crippen LogP contribution < -0.4 is 12.4 Å². The van der Waals surface area contributed by atoms with Crippen LogP contribution >= 0.6 is 0 Å². The summed E-state index contributed by atoms with van der Waals surface area (Å²) in [6, 6.07) is 0. The molecule has 0 aliphatic rings. The highest BCUT2D eigenvalue weighted by Crippen LogP contribution is 2.12. The van der Waals surface area contributed by atoms with Crippen LogP contribution in [0.4, 0.5) is 0 Å². The minimum atomic E-state index is -0.696. The maximum Gasteiger partial charge on any atom is 0.359 e. The van der Waals surface area contributed by atoms with Gasteiger partial charge >= 0.3 is 5.97 Å². The van der Waals surface area contributed by atoms with E-state index in [1.807, 2.05) is 14.1 Å². The number of carboxylic acids is 1. The van der Waals surface area contributed by atoms with Crippen LogP contribution in [0.1, 0.15) is 77.6 Å². The van der Waals surface area contributed by atoms with Crippen molar-refractivity contribution in [3.63, 3.8) is 0 Å². The molecule has 0 spiro atoms. The van der Waals surface area contributed by atoms with Crippen molar-refractivity contribution in [1.82, 2.24) is 0 Å². The zero-order valence-corrected chi connectivity index (χ0v) is 15.1. The van der Waals surface area contributed by atoms with E-state index in [4.69, 9.17) is 5.11 Å². The molecule has 0 saturated heterocycles. The Kier molecular flexibility index (Phi) is 16.0. The second kappa shape index (κ2) is 14.6. The molecule has 0 aromatic heterocycles. The summed E-state index contributed by atoms with van der Waals surface area (Å²) in [5.41, 5.74) is 0. The molecule has 128 valence electrons. The molecule has 3 nitrogen and oxygen atoms in total. The van der Waals surface area contributed by atoms with Crippen LogP contribution in [0.25, 0.3) is 0 Å². The van der Waals surface area contributed by atoms with Gasteiger partial charge in [-0.1, -0.05) is 64.7 Å². The largest absolute Gasteiger partial charge is 1.00 e. The molecule has 0 atom stereocenters. The molecule has 0 fully saturated rings. The summed E-state index contributed by atoms with van der Waals surface area (Å²) < 4.78 is 0.604. The van der Waals surface area contributed by atoms with Gasteiger partial charge in [-0.25, -0.2) is 4.79 Å². The highest BCUT2D eigenvalue weighted by Gasteiger charge is 2.18. The van der Waals surface area contributed by atoms with Crippen LogP contribution in [0.3, 0.4) is 0 Å². The topological polar surface area (TPSA) is 37.3 Å². The van der Waals surface area contributed by atoms with Gasteiger partial charge in [-0.05, 0) is 12.8 Å². The van der Waals surface area contributed by atoms with Gasteiger partial charge in [0, 0.05) is 0 Å². The van der Waals surface area contributed by atoms with E-state index in [-0.39, 0.29) is 19.0 Å². The molecule has 4 heteroatoms. The first-order chi connectivity index (χ1) is 9.48. The molecule has 0 unspecified atom stereocenters. The molecular formula is C17H36ClNO2. The van der Waals surface area contributed by atoms with E-state index in [2.05, 4.69) is 6.92 Å². The first kappa shape index (κ1) is 23.0. The van der Waals surface area contributed by atoms with Gasteiger partial charge < -0.3 is 22.0 Å². The smallest absolute Gasteiger partial charge is 0.359 e. The molecular weight excluding hydrogens is 286 g/mol. The zero-order chi connectivity index (χ0) is 15.3. The Balaban J connectivity index is 0. The van der Waals surface area contributed by atoms with Crippen molar-refractivity contribution in [2.75, 3.05) is 27.2 Å². The highest BCUT2D eigenvalue weighted by atomic mass is 35.5. The highest BCUT2D eigenvalue weighted by molar-refractivity contribution is 5.67. The fourth-order valence-electron chi connectivity index (χ4n) is 2.65. The first-order valence-corrected chi connectivity index (χ1v) is 8.52. The van der Waals surface area contributed by atoms with Crippen LogP contribution in [0.15, 0.2) is 0 Å². The molecule has 0 aliphatic heterocycles. The fraction of sp³-hybridized carbons (Fsp3) is 0.941. The number of halogens is 1. The summed E-state index contributed by atoms with van der Waals surface area (Å²) in [5.74, 6) is -0.696. The van der Waals surface area contributed by atoms with E-state index in [0.29, 0.717) is 4.48 Å².